The van der Waals surface area contributed by atoms with Crippen molar-refractivity contribution in [3.05, 3.63) is 54.1 Å². The molecule has 12 heteroatoms. The van der Waals surface area contributed by atoms with Crippen LogP contribution in [0.15, 0.2) is 48.5 Å². The van der Waals surface area contributed by atoms with Crippen LogP contribution >= 0.6 is 12.2 Å². The maximum atomic E-state index is 13.8. The molecule has 3 N–H and O–H groups in total. The van der Waals surface area contributed by atoms with Gasteiger partial charge >= 0.3 is 5.97 Å². The number of thiocarbonyl (C=S) groups is 1. The smallest absolute Gasteiger partial charge is 0.338 e. The molecule has 0 radical (unpaired) electrons. The van der Waals surface area contributed by atoms with Gasteiger partial charge in [-0.2, -0.15) is 0 Å². The number of primary amides is 1. The van der Waals surface area contributed by atoms with Crippen LogP contribution in [0.2, 0.25) is 0 Å². The van der Waals surface area contributed by atoms with E-state index in [0.29, 0.717) is 47.4 Å². The second-order valence-electron chi connectivity index (χ2n) is 10.5. The summed E-state index contributed by atoms with van der Waals surface area (Å²) in [6.07, 6.45) is 2.09. The minimum absolute atomic E-state index is 0.0814. The number of carbonyl (C=O) groups is 4. The van der Waals surface area contributed by atoms with Crippen LogP contribution in [-0.2, 0) is 19.1 Å². The van der Waals surface area contributed by atoms with Crippen LogP contribution < -0.4 is 20.7 Å². The third-order valence-corrected chi connectivity index (χ3v) is 8.06. The molecule has 2 aromatic rings. The number of ether oxygens (including phenoxy) is 2. The number of nitrogens with two attached hydrogens (primary N) is 1. The zero-order valence-corrected chi connectivity index (χ0v) is 25.4. The Balaban J connectivity index is 1.46. The lowest BCUT2D eigenvalue weighted by Gasteiger charge is -2.31. The number of carbonyl (C=O) groups excluding carboxylic acids is 4. The van der Waals surface area contributed by atoms with Crippen LogP contribution in [0.25, 0.3) is 0 Å². The van der Waals surface area contributed by atoms with Gasteiger partial charge in [-0.15, -0.1) is 0 Å². The molecule has 0 saturated carbocycles. The fourth-order valence-electron chi connectivity index (χ4n) is 5.38. The number of benzene rings is 2. The van der Waals surface area contributed by atoms with Crippen molar-refractivity contribution in [3.8, 4) is 5.75 Å². The van der Waals surface area contributed by atoms with E-state index in [4.69, 9.17) is 27.4 Å². The molecule has 4 rings (SSSR count). The Morgan fingerprint density at radius 3 is 2.26 bits per heavy atom. The van der Waals surface area contributed by atoms with Gasteiger partial charge in [-0.3, -0.25) is 19.3 Å². The fourth-order valence-corrected chi connectivity index (χ4v) is 5.79. The lowest BCUT2D eigenvalue weighted by molar-refractivity contribution is -0.124. The largest absolute Gasteiger partial charge is 0.494 e. The minimum atomic E-state index is -0.791. The summed E-state index contributed by atoms with van der Waals surface area (Å²) in [5, 5.41) is 3.17. The molecule has 230 valence electrons. The number of hydrogen-bond donors (Lipinski definition) is 2. The maximum absolute atomic E-state index is 13.8. The monoisotopic (exact) mass is 609 g/mol. The molecular weight excluding hydrogens is 570 g/mol. The molecule has 2 aliphatic heterocycles. The van der Waals surface area contributed by atoms with Crippen LogP contribution in [0.1, 0.15) is 49.9 Å². The van der Waals surface area contributed by atoms with Gasteiger partial charge in [0, 0.05) is 18.2 Å². The van der Waals surface area contributed by atoms with Gasteiger partial charge in [0.15, 0.2) is 5.11 Å². The van der Waals surface area contributed by atoms with Crippen LogP contribution in [-0.4, -0.2) is 84.0 Å². The molecule has 11 nitrogen and oxygen atoms in total. The third-order valence-electron chi connectivity index (χ3n) is 7.65. The Kier molecular flexibility index (Phi) is 11.1. The van der Waals surface area contributed by atoms with Crippen molar-refractivity contribution in [2.24, 2.45) is 11.7 Å². The summed E-state index contributed by atoms with van der Waals surface area (Å²) in [6.45, 7) is 7.23. The number of rotatable bonds is 13. The van der Waals surface area contributed by atoms with E-state index in [9.17, 15) is 19.2 Å². The SMILES string of the molecule is CCOC(=O)c1ccc(N2C(=O)[C@H](CC(=O)Nc3ccc(OCC)cc3)N(CCCN3CCC(C(N)=O)CC3)C2=S)cc1. The van der Waals surface area contributed by atoms with Gasteiger partial charge in [0.2, 0.25) is 11.8 Å². The quantitative estimate of drug-likeness (QED) is 0.259. The summed E-state index contributed by atoms with van der Waals surface area (Å²) in [5.74, 6) is -0.702. The Morgan fingerprint density at radius 1 is 0.977 bits per heavy atom. The standard InChI is InChI=1S/C31H39N5O6S/c1-3-41-25-12-8-23(9-13-25)33-27(37)20-26-29(39)36(24-10-6-22(7-11-24)30(40)42-4-2)31(43)35(26)17-5-16-34-18-14-21(15-19-34)28(32)38/h6-13,21,26H,3-5,14-20H2,1-2H3,(H2,32,38)(H,33,37)/t26-/m0/s1. The Labute approximate surface area is 257 Å². The predicted molar refractivity (Wildman–Crippen MR) is 167 cm³/mol. The summed E-state index contributed by atoms with van der Waals surface area (Å²) in [4.78, 5) is 56.0. The Hall–Kier alpha value is -4.03. The first-order valence-electron chi connectivity index (χ1n) is 14.7. The summed E-state index contributed by atoms with van der Waals surface area (Å²) in [6, 6.07) is 12.7. The topological polar surface area (TPSA) is 135 Å². The van der Waals surface area contributed by atoms with Gasteiger partial charge in [-0.1, -0.05) is 0 Å². The van der Waals surface area contributed by atoms with Gasteiger partial charge < -0.3 is 30.3 Å². The Morgan fingerprint density at radius 2 is 1.65 bits per heavy atom. The van der Waals surface area contributed by atoms with Crippen molar-refractivity contribution in [1.82, 2.24) is 9.80 Å². The highest BCUT2D eigenvalue weighted by Gasteiger charge is 2.44. The molecule has 2 heterocycles. The first kappa shape index (κ1) is 31.9. The molecule has 0 aromatic heterocycles. The van der Waals surface area contributed by atoms with Crippen LogP contribution in [0.5, 0.6) is 5.75 Å². The normalized spacial score (nSPS) is 17.7. The van der Waals surface area contributed by atoms with Crippen LogP contribution in [0, 0.1) is 5.92 Å². The van der Waals surface area contributed by atoms with Crippen LogP contribution in [0.3, 0.4) is 0 Å². The molecule has 2 aliphatic rings. The second-order valence-corrected chi connectivity index (χ2v) is 10.9. The molecule has 1 atom stereocenters. The summed E-state index contributed by atoms with van der Waals surface area (Å²) in [7, 11) is 0. The summed E-state index contributed by atoms with van der Waals surface area (Å²) < 4.78 is 10.5. The van der Waals surface area contributed by atoms with Gasteiger partial charge in [0.25, 0.3) is 5.91 Å². The van der Waals surface area contributed by atoms with Crippen LogP contribution in [0.4, 0.5) is 11.4 Å². The number of hydrogen-bond acceptors (Lipinski definition) is 8. The van der Waals surface area contributed by atoms with Crippen molar-refractivity contribution in [1.29, 1.82) is 0 Å². The number of nitrogens with zero attached hydrogens (tertiary/aromatic N) is 3. The highest BCUT2D eigenvalue weighted by molar-refractivity contribution is 7.80. The lowest BCUT2D eigenvalue weighted by atomic mass is 9.96. The first-order chi connectivity index (χ1) is 20.7. The zero-order valence-electron chi connectivity index (χ0n) is 24.6. The van der Waals surface area contributed by atoms with E-state index < -0.39 is 12.0 Å². The van der Waals surface area contributed by atoms with E-state index >= 15 is 0 Å². The molecule has 0 aliphatic carbocycles. The third kappa shape index (κ3) is 8.08. The number of amides is 3. The number of piperidine rings is 1. The molecule has 43 heavy (non-hydrogen) atoms. The van der Waals surface area contributed by atoms with E-state index in [2.05, 4.69) is 10.2 Å². The van der Waals surface area contributed by atoms with Gasteiger partial charge in [-0.05, 0) is 113 Å². The van der Waals surface area contributed by atoms with Crippen molar-refractivity contribution < 1.29 is 28.7 Å². The molecule has 3 amide bonds. The van der Waals surface area contributed by atoms with E-state index in [0.717, 1.165) is 32.5 Å². The molecule has 2 saturated heterocycles. The predicted octanol–water partition coefficient (Wildman–Crippen LogP) is 3.18. The molecule has 0 unspecified atom stereocenters. The number of likely N-dealkylation sites (tertiary alicyclic amines) is 1. The van der Waals surface area contributed by atoms with E-state index in [1.54, 1.807) is 55.5 Å². The summed E-state index contributed by atoms with van der Waals surface area (Å²) >= 11 is 5.79. The van der Waals surface area contributed by atoms with Crippen molar-refractivity contribution >= 4 is 52.4 Å². The van der Waals surface area contributed by atoms with Crippen molar-refractivity contribution in [3.63, 3.8) is 0 Å². The van der Waals surface area contributed by atoms with E-state index in [-0.39, 0.29) is 36.7 Å². The van der Waals surface area contributed by atoms with Crippen molar-refractivity contribution in [2.75, 3.05) is 49.6 Å². The van der Waals surface area contributed by atoms with E-state index in [1.807, 2.05) is 11.8 Å². The van der Waals surface area contributed by atoms with Crippen molar-refractivity contribution in [2.45, 2.75) is 45.6 Å². The maximum Gasteiger partial charge on any atom is 0.338 e. The lowest BCUT2D eigenvalue weighted by Crippen LogP contribution is -2.41. The highest BCUT2D eigenvalue weighted by Crippen LogP contribution is 2.29. The average Bonchev–Trinajstić information content (AvgIpc) is 3.22. The van der Waals surface area contributed by atoms with E-state index in [1.165, 1.54) is 4.90 Å². The van der Waals surface area contributed by atoms with Gasteiger partial charge in [-0.25, -0.2) is 4.79 Å². The number of nitrogens with one attached hydrogen (secondary N) is 1. The molecule has 0 bridgehead atoms. The zero-order chi connectivity index (χ0) is 30.9. The van der Waals surface area contributed by atoms with Gasteiger partial charge in [0.05, 0.1) is 30.9 Å². The molecular formula is C31H39N5O6S. The molecule has 2 fully saturated rings. The average molecular weight is 610 g/mol. The molecule has 0 spiro atoms. The number of anilines is 2. The molecule has 2 aromatic carbocycles. The Bertz CT molecular complexity index is 1310. The second kappa shape index (κ2) is 14.9. The van der Waals surface area contributed by atoms with Gasteiger partial charge in [0.1, 0.15) is 11.8 Å². The number of esters is 1. The first-order valence-corrected chi connectivity index (χ1v) is 15.1. The minimum Gasteiger partial charge on any atom is -0.494 e. The highest BCUT2D eigenvalue weighted by atomic mass is 32.1. The summed E-state index contributed by atoms with van der Waals surface area (Å²) in [5.41, 5.74) is 6.94. The fraction of sp³-hybridized carbons (Fsp3) is 0.452.